The quantitative estimate of drug-likeness (QED) is 0.613. The molecule has 0 radical (unpaired) electrons. The molecular weight excluding hydrogens is 258 g/mol. The topological polar surface area (TPSA) is 72.4 Å². The van der Waals surface area contributed by atoms with Gasteiger partial charge in [-0.1, -0.05) is 19.0 Å². The molecule has 6 heteroatoms. The van der Waals surface area contributed by atoms with Gasteiger partial charge in [-0.05, 0) is 31.7 Å². The zero-order valence-electron chi connectivity index (χ0n) is 12.2. The Labute approximate surface area is 118 Å². The van der Waals surface area contributed by atoms with E-state index in [0.717, 1.165) is 31.6 Å². The van der Waals surface area contributed by atoms with Crippen molar-refractivity contribution in [2.24, 2.45) is 5.41 Å². The second-order valence-electron chi connectivity index (χ2n) is 6.78. The van der Waals surface area contributed by atoms with Crippen molar-refractivity contribution in [1.82, 2.24) is 10.1 Å². The maximum atomic E-state index is 11.7. The molecule has 3 heterocycles. The van der Waals surface area contributed by atoms with Crippen molar-refractivity contribution in [2.45, 2.75) is 51.6 Å². The fourth-order valence-electron chi connectivity index (χ4n) is 4.11. The number of aromatic nitrogens is 1. The van der Waals surface area contributed by atoms with Crippen LogP contribution in [-0.2, 0) is 0 Å². The standard InChI is InChI=1S/C14H21N3O3/c1-9-7-10(15-20-9)12-13(17(18)19)11-5-4-6-16(11)8-14(12,2)3/h7,11-13H,4-6,8H2,1-3H3. The fourth-order valence-corrected chi connectivity index (χ4v) is 4.11. The van der Waals surface area contributed by atoms with Crippen LogP contribution < -0.4 is 0 Å². The van der Waals surface area contributed by atoms with Crippen LogP contribution in [0.25, 0.3) is 0 Å². The Kier molecular flexibility index (Phi) is 3.08. The lowest BCUT2D eigenvalue weighted by Gasteiger charge is -2.46. The fraction of sp³-hybridized carbons (Fsp3) is 0.786. The second-order valence-corrected chi connectivity index (χ2v) is 6.78. The molecule has 0 saturated carbocycles. The third kappa shape index (κ3) is 2.02. The van der Waals surface area contributed by atoms with Crippen LogP contribution in [-0.4, -0.2) is 40.2 Å². The molecule has 2 saturated heterocycles. The summed E-state index contributed by atoms with van der Waals surface area (Å²) >= 11 is 0. The van der Waals surface area contributed by atoms with E-state index in [0.29, 0.717) is 5.76 Å². The Morgan fingerprint density at radius 3 is 2.90 bits per heavy atom. The SMILES string of the molecule is Cc1cc(C2C([N+](=O)[O-])C3CCCN3CC2(C)C)no1. The van der Waals surface area contributed by atoms with Crippen LogP contribution >= 0.6 is 0 Å². The zero-order chi connectivity index (χ0) is 14.5. The lowest BCUT2D eigenvalue weighted by atomic mass is 9.67. The molecule has 20 heavy (non-hydrogen) atoms. The van der Waals surface area contributed by atoms with E-state index in [-0.39, 0.29) is 22.3 Å². The van der Waals surface area contributed by atoms with Gasteiger partial charge in [-0.3, -0.25) is 15.0 Å². The molecule has 0 aliphatic carbocycles. The van der Waals surface area contributed by atoms with Gasteiger partial charge in [-0.25, -0.2) is 0 Å². The lowest BCUT2D eigenvalue weighted by molar-refractivity contribution is -0.541. The van der Waals surface area contributed by atoms with Gasteiger partial charge < -0.3 is 4.52 Å². The molecule has 1 aromatic heterocycles. The number of fused-ring (bicyclic) bond motifs is 1. The van der Waals surface area contributed by atoms with Gasteiger partial charge in [0.1, 0.15) is 5.76 Å². The molecule has 1 aromatic rings. The average molecular weight is 279 g/mol. The molecule has 110 valence electrons. The van der Waals surface area contributed by atoms with E-state index in [1.165, 1.54) is 0 Å². The number of nitro groups is 1. The zero-order valence-corrected chi connectivity index (χ0v) is 12.2. The van der Waals surface area contributed by atoms with Gasteiger partial charge in [0.15, 0.2) is 0 Å². The molecule has 0 amide bonds. The summed E-state index contributed by atoms with van der Waals surface area (Å²) in [5.74, 6) is 0.529. The van der Waals surface area contributed by atoms with Gasteiger partial charge in [0.25, 0.3) is 0 Å². The van der Waals surface area contributed by atoms with Crippen molar-refractivity contribution in [3.63, 3.8) is 0 Å². The Balaban J connectivity index is 2.04. The van der Waals surface area contributed by atoms with E-state index in [1.807, 2.05) is 13.0 Å². The molecule has 0 N–H and O–H groups in total. The number of hydrogen-bond donors (Lipinski definition) is 0. The summed E-state index contributed by atoms with van der Waals surface area (Å²) in [6.07, 6.45) is 1.96. The second kappa shape index (κ2) is 4.55. The van der Waals surface area contributed by atoms with Crippen LogP contribution in [0, 0.1) is 22.5 Å². The number of nitrogens with zero attached hydrogens (tertiary/aromatic N) is 3. The summed E-state index contributed by atoms with van der Waals surface area (Å²) in [5.41, 5.74) is 0.558. The van der Waals surface area contributed by atoms with Crippen LogP contribution in [0.3, 0.4) is 0 Å². The lowest BCUT2D eigenvalue weighted by Crippen LogP contribution is -2.58. The first-order valence-corrected chi connectivity index (χ1v) is 7.21. The minimum Gasteiger partial charge on any atom is -0.361 e. The monoisotopic (exact) mass is 279 g/mol. The molecule has 3 rings (SSSR count). The molecular formula is C14H21N3O3. The van der Waals surface area contributed by atoms with E-state index < -0.39 is 6.04 Å². The van der Waals surface area contributed by atoms with Crippen LogP contribution in [0.2, 0.25) is 0 Å². The smallest absolute Gasteiger partial charge is 0.237 e. The maximum absolute atomic E-state index is 11.7. The van der Waals surface area contributed by atoms with Gasteiger partial charge in [-0.2, -0.15) is 0 Å². The minimum absolute atomic E-state index is 0.0417. The highest BCUT2D eigenvalue weighted by atomic mass is 16.6. The molecule has 3 atom stereocenters. The van der Waals surface area contributed by atoms with Crippen LogP contribution in [0.5, 0.6) is 0 Å². The van der Waals surface area contributed by atoms with E-state index >= 15 is 0 Å². The van der Waals surface area contributed by atoms with Crippen molar-refractivity contribution in [3.8, 4) is 0 Å². The van der Waals surface area contributed by atoms with Gasteiger partial charge in [0.05, 0.1) is 17.7 Å². The highest BCUT2D eigenvalue weighted by molar-refractivity contribution is 5.19. The first-order chi connectivity index (χ1) is 9.40. The third-order valence-electron chi connectivity index (χ3n) is 4.81. The Bertz CT molecular complexity index is 525. The summed E-state index contributed by atoms with van der Waals surface area (Å²) in [5, 5.41) is 15.8. The summed E-state index contributed by atoms with van der Waals surface area (Å²) in [6.45, 7) is 7.90. The van der Waals surface area contributed by atoms with Crippen LogP contribution in [0.15, 0.2) is 10.6 Å². The predicted octanol–water partition coefficient (Wildman–Crippen LogP) is 2.22. The highest BCUT2D eigenvalue weighted by Gasteiger charge is 2.56. The first kappa shape index (κ1) is 13.5. The van der Waals surface area contributed by atoms with Crippen molar-refractivity contribution in [3.05, 3.63) is 27.6 Å². The highest BCUT2D eigenvalue weighted by Crippen LogP contribution is 2.47. The van der Waals surface area contributed by atoms with Crippen molar-refractivity contribution >= 4 is 0 Å². The van der Waals surface area contributed by atoms with Gasteiger partial charge >= 0.3 is 0 Å². The number of aryl methyl sites for hydroxylation is 1. The Morgan fingerprint density at radius 1 is 1.55 bits per heavy atom. The third-order valence-corrected chi connectivity index (χ3v) is 4.81. The number of hydrogen-bond acceptors (Lipinski definition) is 5. The minimum atomic E-state index is -0.592. The first-order valence-electron chi connectivity index (χ1n) is 7.21. The molecule has 2 fully saturated rings. The van der Waals surface area contributed by atoms with Crippen molar-refractivity contribution < 1.29 is 9.45 Å². The van der Waals surface area contributed by atoms with Crippen LogP contribution in [0.1, 0.15) is 44.1 Å². The summed E-state index contributed by atoms with van der Waals surface area (Å²) in [6, 6.07) is 1.30. The molecule has 2 aliphatic rings. The van der Waals surface area contributed by atoms with Gasteiger partial charge in [0, 0.05) is 17.5 Å². The summed E-state index contributed by atoms with van der Waals surface area (Å²) < 4.78 is 5.16. The van der Waals surface area contributed by atoms with E-state index in [2.05, 4.69) is 23.9 Å². The van der Waals surface area contributed by atoms with Gasteiger partial charge in [-0.15, -0.1) is 0 Å². The van der Waals surface area contributed by atoms with E-state index in [9.17, 15) is 10.1 Å². The summed E-state index contributed by atoms with van der Waals surface area (Å²) in [7, 11) is 0. The van der Waals surface area contributed by atoms with Gasteiger partial charge in [0.2, 0.25) is 6.04 Å². The average Bonchev–Trinajstić information content (AvgIpc) is 2.94. The van der Waals surface area contributed by atoms with Crippen LogP contribution in [0.4, 0.5) is 0 Å². The van der Waals surface area contributed by atoms with E-state index in [1.54, 1.807) is 0 Å². The molecule has 2 aliphatic heterocycles. The Hall–Kier alpha value is -1.43. The number of rotatable bonds is 2. The van der Waals surface area contributed by atoms with Crippen molar-refractivity contribution in [2.75, 3.05) is 13.1 Å². The molecule has 6 nitrogen and oxygen atoms in total. The largest absolute Gasteiger partial charge is 0.361 e. The number of piperidine rings is 1. The molecule has 0 bridgehead atoms. The predicted molar refractivity (Wildman–Crippen MR) is 73.1 cm³/mol. The Morgan fingerprint density at radius 2 is 2.30 bits per heavy atom. The van der Waals surface area contributed by atoms with Crippen molar-refractivity contribution in [1.29, 1.82) is 0 Å². The normalized spacial score (nSPS) is 33.0. The molecule has 3 unspecified atom stereocenters. The summed E-state index contributed by atoms with van der Waals surface area (Å²) in [4.78, 5) is 13.9. The van der Waals surface area contributed by atoms with E-state index in [4.69, 9.17) is 4.52 Å². The molecule has 0 spiro atoms. The maximum Gasteiger partial charge on any atom is 0.237 e. The molecule has 0 aromatic carbocycles.